The third kappa shape index (κ3) is 2.31. The molecule has 0 bridgehead atoms. The van der Waals surface area contributed by atoms with Crippen LogP contribution >= 0.6 is 0 Å². The Morgan fingerprint density at radius 3 is 2.81 bits per heavy atom. The average molecular weight is 215 g/mol. The largest absolute Gasteiger partial charge is 0.470 e. The van der Waals surface area contributed by atoms with Crippen LogP contribution in [0.1, 0.15) is 10.4 Å². The first kappa shape index (κ1) is 10.5. The second kappa shape index (κ2) is 4.66. The predicted molar refractivity (Wildman–Crippen MR) is 61.9 cm³/mol. The molecule has 1 aliphatic rings. The number of ether oxygens (including phenoxy) is 1. The molecule has 0 radical (unpaired) electrons. The molecule has 1 aromatic carbocycles. The molecule has 1 N–H and O–H groups in total. The Kier molecular flexibility index (Phi) is 3.05. The van der Waals surface area contributed by atoms with Crippen molar-refractivity contribution in [2.24, 2.45) is 0 Å². The van der Waals surface area contributed by atoms with Gasteiger partial charge in [0.15, 0.2) is 11.7 Å². The third-order valence-electron chi connectivity index (χ3n) is 2.34. The molecule has 2 rings (SSSR count). The number of allylic oxidation sites excluding steroid dienone is 1. The molecular weight excluding hydrogens is 202 g/mol. The molecule has 3 heteroatoms. The zero-order chi connectivity index (χ0) is 11.4. The number of benzene rings is 1. The minimum Gasteiger partial charge on any atom is -0.470 e. The summed E-state index contributed by atoms with van der Waals surface area (Å²) in [5.41, 5.74) is 0.655. The van der Waals surface area contributed by atoms with E-state index in [2.05, 4.69) is 11.9 Å². The van der Waals surface area contributed by atoms with E-state index in [0.29, 0.717) is 18.0 Å². The van der Waals surface area contributed by atoms with Crippen LogP contribution in [-0.4, -0.2) is 18.4 Å². The van der Waals surface area contributed by atoms with Crippen molar-refractivity contribution in [2.45, 2.75) is 6.10 Å². The molecule has 3 nitrogen and oxygen atoms in total. The highest BCUT2D eigenvalue weighted by Crippen LogP contribution is 2.10. The van der Waals surface area contributed by atoms with E-state index in [1.54, 1.807) is 18.2 Å². The van der Waals surface area contributed by atoms with Gasteiger partial charge in [0, 0.05) is 11.6 Å². The van der Waals surface area contributed by atoms with Crippen LogP contribution in [0.15, 0.2) is 54.9 Å². The van der Waals surface area contributed by atoms with Crippen LogP contribution in [0.25, 0.3) is 0 Å². The lowest BCUT2D eigenvalue weighted by molar-refractivity contribution is 0.103. The van der Waals surface area contributed by atoms with Gasteiger partial charge in [-0.2, -0.15) is 0 Å². The predicted octanol–water partition coefficient (Wildman–Crippen LogP) is 1.89. The van der Waals surface area contributed by atoms with Crippen LogP contribution in [0.2, 0.25) is 0 Å². The summed E-state index contributed by atoms with van der Waals surface area (Å²) in [6, 6.07) is 9.10. The lowest BCUT2D eigenvalue weighted by Crippen LogP contribution is -2.10. The summed E-state index contributed by atoms with van der Waals surface area (Å²) >= 11 is 0. The molecule has 1 atom stereocenters. The molecule has 0 aromatic heterocycles. The molecule has 0 saturated carbocycles. The Morgan fingerprint density at radius 1 is 1.44 bits per heavy atom. The van der Waals surface area contributed by atoms with Crippen molar-refractivity contribution in [1.82, 2.24) is 5.32 Å². The van der Waals surface area contributed by atoms with Gasteiger partial charge in [0.2, 0.25) is 0 Å². The molecule has 0 amide bonds. The molecule has 0 spiro atoms. The summed E-state index contributed by atoms with van der Waals surface area (Å²) in [4.78, 5) is 11.8. The van der Waals surface area contributed by atoms with Gasteiger partial charge in [-0.1, -0.05) is 36.9 Å². The molecule has 1 aliphatic heterocycles. The summed E-state index contributed by atoms with van der Waals surface area (Å²) in [5, 5.41) is 3.01. The summed E-state index contributed by atoms with van der Waals surface area (Å²) in [6.45, 7) is 4.30. The lowest BCUT2D eigenvalue weighted by atomic mass is 10.1. The van der Waals surface area contributed by atoms with E-state index in [1.165, 1.54) is 6.08 Å². The number of carbonyl (C=O) groups excluding carboxylic acids is 1. The fourth-order valence-corrected chi connectivity index (χ4v) is 1.47. The van der Waals surface area contributed by atoms with E-state index in [0.717, 1.165) is 0 Å². The van der Waals surface area contributed by atoms with Crippen LogP contribution in [-0.2, 0) is 4.74 Å². The van der Waals surface area contributed by atoms with Crippen molar-refractivity contribution in [3.8, 4) is 0 Å². The van der Waals surface area contributed by atoms with Gasteiger partial charge in [0.05, 0.1) is 6.54 Å². The SMILES string of the molecule is C=CC1CN/C(=C\C(=O)c2ccccc2)O1. The van der Waals surface area contributed by atoms with Crippen molar-refractivity contribution < 1.29 is 9.53 Å². The van der Waals surface area contributed by atoms with Crippen molar-refractivity contribution in [2.75, 3.05) is 6.54 Å². The number of nitrogens with one attached hydrogen (secondary N) is 1. The highest BCUT2D eigenvalue weighted by atomic mass is 16.5. The Morgan fingerprint density at radius 2 is 2.19 bits per heavy atom. The van der Waals surface area contributed by atoms with E-state index in [4.69, 9.17) is 4.74 Å². The zero-order valence-corrected chi connectivity index (χ0v) is 8.85. The van der Waals surface area contributed by atoms with E-state index in [9.17, 15) is 4.79 Å². The number of ketones is 1. The third-order valence-corrected chi connectivity index (χ3v) is 2.34. The molecule has 1 saturated heterocycles. The van der Waals surface area contributed by atoms with Crippen molar-refractivity contribution >= 4 is 5.78 Å². The van der Waals surface area contributed by atoms with Gasteiger partial charge in [0.25, 0.3) is 0 Å². The Labute approximate surface area is 94.4 Å². The highest BCUT2D eigenvalue weighted by molar-refractivity contribution is 6.04. The number of hydrogen-bond acceptors (Lipinski definition) is 3. The Hall–Kier alpha value is -2.03. The first-order valence-electron chi connectivity index (χ1n) is 5.14. The number of carbonyl (C=O) groups is 1. The van der Waals surface area contributed by atoms with Gasteiger partial charge in [-0.05, 0) is 6.08 Å². The molecule has 0 aliphatic carbocycles. The summed E-state index contributed by atoms with van der Waals surface area (Å²) in [7, 11) is 0. The van der Waals surface area contributed by atoms with Crippen molar-refractivity contribution in [1.29, 1.82) is 0 Å². The number of hydrogen-bond donors (Lipinski definition) is 1. The second-order valence-electron chi connectivity index (χ2n) is 3.51. The Balaban J connectivity index is 2.08. The summed E-state index contributed by atoms with van der Waals surface area (Å²) in [6.07, 6.45) is 3.13. The minimum absolute atomic E-state index is 0.0465. The molecule has 1 unspecified atom stereocenters. The van der Waals surface area contributed by atoms with Crippen LogP contribution in [0, 0.1) is 0 Å². The van der Waals surface area contributed by atoms with Crippen molar-refractivity contribution in [3.05, 3.63) is 60.5 Å². The minimum atomic E-state index is -0.0622. The van der Waals surface area contributed by atoms with Gasteiger partial charge >= 0.3 is 0 Å². The lowest BCUT2D eigenvalue weighted by Gasteiger charge is -2.01. The maximum Gasteiger partial charge on any atom is 0.191 e. The summed E-state index contributed by atoms with van der Waals surface area (Å²) < 4.78 is 5.41. The van der Waals surface area contributed by atoms with Crippen LogP contribution in [0.5, 0.6) is 0 Å². The second-order valence-corrected chi connectivity index (χ2v) is 3.51. The maximum absolute atomic E-state index is 11.8. The topological polar surface area (TPSA) is 38.3 Å². The molecule has 16 heavy (non-hydrogen) atoms. The van der Waals surface area contributed by atoms with Crippen LogP contribution in [0.4, 0.5) is 0 Å². The first-order valence-corrected chi connectivity index (χ1v) is 5.14. The normalized spacial score (nSPS) is 21.2. The standard InChI is InChI=1S/C13H13NO2/c1-2-11-9-14-13(16-11)8-12(15)10-6-4-3-5-7-10/h2-8,11,14H,1,9H2/b13-8+. The molecule has 1 fully saturated rings. The van der Waals surface area contributed by atoms with E-state index < -0.39 is 0 Å². The Bertz CT molecular complexity index is 423. The van der Waals surface area contributed by atoms with Crippen molar-refractivity contribution in [3.63, 3.8) is 0 Å². The van der Waals surface area contributed by atoms with Gasteiger partial charge in [-0.3, -0.25) is 4.79 Å². The van der Waals surface area contributed by atoms with E-state index >= 15 is 0 Å². The monoisotopic (exact) mass is 215 g/mol. The van der Waals surface area contributed by atoms with E-state index in [-0.39, 0.29) is 11.9 Å². The molecular formula is C13H13NO2. The van der Waals surface area contributed by atoms with Gasteiger partial charge < -0.3 is 10.1 Å². The molecule has 1 aromatic rings. The fourth-order valence-electron chi connectivity index (χ4n) is 1.47. The zero-order valence-electron chi connectivity index (χ0n) is 8.85. The fraction of sp³-hybridized carbons (Fsp3) is 0.154. The van der Waals surface area contributed by atoms with Gasteiger partial charge in [-0.15, -0.1) is 0 Å². The maximum atomic E-state index is 11.8. The summed E-state index contributed by atoms with van der Waals surface area (Å²) in [5.74, 6) is 0.451. The van der Waals surface area contributed by atoms with Crippen LogP contribution in [0.3, 0.4) is 0 Å². The molecule has 82 valence electrons. The number of rotatable bonds is 3. The van der Waals surface area contributed by atoms with Gasteiger partial charge in [-0.25, -0.2) is 0 Å². The smallest absolute Gasteiger partial charge is 0.191 e. The van der Waals surface area contributed by atoms with Gasteiger partial charge in [0.1, 0.15) is 6.10 Å². The van der Waals surface area contributed by atoms with Crippen LogP contribution < -0.4 is 5.32 Å². The van der Waals surface area contributed by atoms with E-state index in [1.807, 2.05) is 18.2 Å². The highest BCUT2D eigenvalue weighted by Gasteiger charge is 2.17. The first-order chi connectivity index (χ1) is 7.79. The quantitative estimate of drug-likeness (QED) is 0.475. The average Bonchev–Trinajstić information content (AvgIpc) is 2.78. The molecule has 1 heterocycles.